The van der Waals surface area contributed by atoms with Crippen molar-refractivity contribution >= 4 is 22.4 Å². The molecule has 0 bridgehead atoms. The molecule has 1 aliphatic rings. The largest absolute Gasteiger partial charge is 0.497 e. The number of nitrogens with zero attached hydrogens (tertiary/aromatic N) is 2. The van der Waals surface area contributed by atoms with Crippen molar-refractivity contribution in [2.24, 2.45) is 0 Å². The van der Waals surface area contributed by atoms with Crippen LogP contribution in [0, 0.1) is 0 Å². The Hall–Kier alpha value is -1.96. The minimum absolute atomic E-state index is 0.0347. The van der Waals surface area contributed by atoms with Crippen LogP contribution in [0.3, 0.4) is 0 Å². The highest BCUT2D eigenvalue weighted by Gasteiger charge is 2.23. The average molecular weight is 347 g/mol. The first-order valence-electron chi connectivity index (χ1n) is 7.90. The highest BCUT2D eigenvalue weighted by Crippen LogP contribution is 2.26. The first kappa shape index (κ1) is 16.9. The lowest BCUT2D eigenvalue weighted by Gasteiger charge is -2.31. The third-order valence-electron chi connectivity index (χ3n) is 4.09. The van der Waals surface area contributed by atoms with Crippen LogP contribution in [0.25, 0.3) is 11.3 Å². The average Bonchev–Trinajstić information content (AvgIpc) is 3.10. The maximum Gasteiger partial charge on any atom is 0.243 e. The van der Waals surface area contributed by atoms with Crippen LogP contribution < -0.4 is 10.1 Å². The van der Waals surface area contributed by atoms with Crippen molar-refractivity contribution in [1.29, 1.82) is 0 Å². The van der Waals surface area contributed by atoms with Gasteiger partial charge in [-0.05, 0) is 31.2 Å². The maximum absolute atomic E-state index is 12.4. The highest BCUT2D eigenvalue weighted by atomic mass is 32.1. The van der Waals surface area contributed by atoms with Crippen molar-refractivity contribution in [2.45, 2.75) is 13.0 Å². The SMILES string of the molecule is COc1ccc(-c2csc(NC(=O)[C@@H](C)N3CCOCC3)n2)cc1. The maximum atomic E-state index is 12.4. The number of aromatic nitrogens is 1. The van der Waals surface area contributed by atoms with Gasteiger partial charge < -0.3 is 14.8 Å². The number of amides is 1. The molecule has 2 heterocycles. The number of ether oxygens (including phenoxy) is 2. The Morgan fingerprint density at radius 2 is 2.04 bits per heavy atom. The predicted molar refractivity (Wildman–Crippen MR) is 94.6 cm³/mol. The lowest BCUT2D eigenvalue weighted by molar-refractivity contribution is -0.122. The zero-order valence-electron chi connectivity index (χ0n) is 13.8. The van der Waals surface area contributed by atoms with E-state index in [4.69, 9.17) is 9.47 Å². The summed E-state index contributed by atoms with van der Waals surface area (Å²) in [5.74, 6) is 0.773. The molecule has 0 unspecified atom stereocenters. The molecule has 0 radical (unpaired) electrons. The van der Waals surface area contributed by atoms with Gasteiger partial charge in [0, 0.05) is 24.0 Å². The zero-order chi connectivity index (χ0) is 16.9. The molecule has 1 aromatic heterocycles. The number of thiazole rings is 1. The highest BCUT2D eigenvalue weighted by molar-refractivity contribution is 7.14. The number of carbonyl (C=O) groups is 1. The summed E-state index contributed by atoms with van der Waals surface area (Å²) in [4.78, 5) is 19.0. The van der Waals surface area contributed by atoms with Crippen molar-refractivity contribution in [3.05, 3.63) is 29.6 Å². The predicted octanol–water partition coefficient (Wildman–Crippen LogP) is 2.48. The Balaban J connectivity index is 1.63. The van der Waals surface area contributed by atoms with Gasteiger partial charge in [0.15, 0.2) is 5.13 Å². The van der Waals surface area contributed by atoms with Crippen molar-refractivity contribution < 1.29 is 14.3 Å². The van der Waals surface area contributed by atoms with E-state index in [2.05, 4.69) is 15.2 Å². The fourth-order valence-electron chi connectivity index (χ4n) is 2.57. The Morgan fingerprint density at radius 3 is 2.71 bits per heavy atom. The molecule has 1 atom stereocenters. The minimum atomic E-state index is -0.192. The molecule has 0 aliphatic carbocycles. The molecule has 2 aromatic rings. The quantitative estimate of drug-likeness (QED) is 0.900. The first-order valence-corrected chi connectivity index (χ1v) is 8.78. The van der Waals surface area contributed by atoms with E-state index in [-0.39, 0.29) is 11.9 Å². The Morgan fingerprint density at radius 1 is 1.33 bits per heavy atom. The topological polar surface area (TPSA) is 63.7 Å². The number of methoxy groups -OCH3 is 1. The van der Waals surface area contributed by atoms with Crippen LogP contribution in [-0.2, 0) is 9.53 Å². The summed E-state index contributed by atoms with van der Waals surface area (Å²) < 4.78 is 10.5. The summed E-state index contributed by atoms with van der Waals surface area (Å²) in [5.41, 5.74) is 1.84. The molecular weight excluding hydrogens is 326 g/mol. The van der Waals surface area contributed by atoms with Crippen LogP contribution in [-0.4, -0.2) is 55.2 Å². The normalized spacial score (nSPS) is 16.6. The van der Waals surface area contributed by atoms with E-state index in [9.17, 15) is 4.79 Å². The molecule has 7 heteroatoms. The molecule has 3 rings (SSSR count). The number of carbonyl (C=O) groups excluding carboxylic acids is 1. The van der Waals surface area contributed by atoms with Gasteiger partial charge >= 0.3 is 0 Å². The lowest BCUT2D eigenvalue weighted by Crippen LogP contribution is -2.47. The van der Waals surface area contributed by atoms with Crippen LogP contribution in [0.4, 0.5) is 5.13 Å². The van der Waals surface area contributed by atoms with Gasteiger partial charge in [0.2, 0.25) is 5.91 Å². The first-order chi connectivity index (χ1) is 11.7. The number of morpholine rings is 1. The van der Waals surface area contributed by atoms with E-state index in [1.807, 2.05) is 36.6 Å². The van der Waals surface area contributed by atoms with Gasteiger partial charge in [-0.15, -0.1) is 11.3 Å². The fourth-order valence-corrected chi connectivity index (χ4v) is 3.29. The monoisotopic (exact) mass is 347 g/mol. The lowest BCUT2D eigenvalue weighted by atomic mass is 10.2. The van der Waals surface area contributed by atoms with Gasteiger partial charge in [-0.25, -0.2) is 4.98 Å². The number of anilines is 1. The summed E-state index contributed by atoms with van der Waals surface area (Å²) in [7, 11) is 1.64. The van der Waals surface area contributed by atoms with Crippen LogP contribution >= 0.6 is 11.3 Å². The number of nitrogens with one attached hydrogen (secondary N) is 1. The summed E-state index contributed by atoms with van der Waals surface area (Å²) in [6.07, 6.45) is 0. The minimum Gasteiger partial charge on any atom is -0.497 e. The molecule has 1 amide bonds. The molecule has 0 saturated carbocycles. The van der Waals surface area contributed by atoms with E-state index >= 15 is 0 Å². The summed E-state index contributed by atoms with van der Waals surface area (Å²) in [5, 5.41) is 5.47. The van der Waals surface area contributed by atoms with Crippen LogP contribution in [0.1, 0.15) is 6.92 Å². The molecule has 1 N–H and O–H groups in total. The van der Waals surface area contributed by atoms with Crippen LogP contribution in [0.15, 0.2) is 29.6 Å². The summed E-state index contributed by atoms with van der Waals surface area (Å²) in [6.45, 7) is 4.83. The van der Waals surface area contributed by atoms with Crippen LogP contribution in [0.2, 0.25) is 0 Å². The molecule has 1 fully saturated rings. The Kier molecular flexibility index (Phi) is 5.44. The number of hydrogen-bond donors (Lipinski definition) is 1. The van der Waals surface area contributed by atoms with E-state index in [1.165, 1.54) is 11.3 Å². The smallest absolute Gasteiger partial charge is 0.243 e. The number of hydrogen-bond acceptors (Lipinski definition) is 6. The molecular formula is C17H21N3O3S. The third-order valence-corrected chi connectivity index (χ3v) is 4.85. The van der Waals surface area contributed by atoms with Gasteiger partial charge in [-0.1, -0.05) is 0 Å². The Bertz CT molecular complexity index is 681. The van der Waals surface area contributed by atoms with Gasteiger partial charge in [-0.2, -0.15) is 0 Å². The molecule has 1 aromatic carbocycles. The van der Waals surface area contributed by atoms with Gasteiger partial charge in [0.05, 0.1) is 32.1 Å². The van der Waals surface area contributed by atoms with Gasteiger partial charge in [0.25, 0.3) is 0 Å². The van der Waals surface area contributed by atoms with E-state index < -0.39 is 0 Å². The van der Waals surface area contributed by atoms with E-state index in [0.717, 1.165) is 30.1 Å². The second-order valence-electron chi connectivity index (χ2n) is 5.58. The molecule has 24 heavy (non-hydrogen) atoms. The summed E-state index contributed by atoms with van der Waals surface area (Å²) >= 11 is 1.43. The van der Waals surface area contributed by atoms with Gasteiger partial charge in [-0.3, -0.25) is 9.69 Å². The molecule has 0 spiro atoms. The standard InChI is InChI=1S/C17H21N3O3S/c1-12(20-7-9-23-10-8-20)16(21)19-17-18-15(11-24-17)13-3-5-14(22-2)6-4-13/h3-6,11-12H,7-10H2,1-2H3,(H,18,19,21)/t12-/m1/s1. The second kappa shape index (κ2) is 7.74. The van der Waals surface area contributed by atoms with Gasteiger partial charge in [0.1, 0.15) is 5.75 Å². The molecule has 1 saturated heterocycles. The van der Waals surface area contributed by atoms with E-state index in [0.29, 0.717) is 18.3 Å². The number of rotatable bonds is 5. The zero-order valence-corrected chi connectivity index (χ0v) is 14.6. The van der Waals surface area contributed by atoms with Crippen LogP contribution in [0.5, 0.6) is 5.75 Å². The van der Waals surface area contributed by atoms with Crippen molar-refractivity contribution in [2.75, 3.05) is 38.7 Å². The molecule has 128 valence electrons. The third kappa shape index (κ3) is 3.92. The number of benzene rings is 1. The fraction of sp³-hybridized carbons (Fsp3) is 0.412. The Labute approximate surface area is 145 Å². The van der Waals surface area contributed by atoms with E-state index in [1.54, 1.807) is 7.11 Å². The summed E-state index contributed by atoms with van der Waals surface area (Å²) in [6, 6.07) is 7.51. The van der Waals surface area contributed by atoms with Crippen molar-refractivity contribution in [3.8, 4) is 17.0 Å². The van der Waals surface area contributed by atoms with Crippen molar-refractivity contribution in [3.63, 3.8) is 0 Å². The molecule has 6 nitrogen and oxygen atoms in total. The molecule has 1 aliphatic heterocycles. The second-order valence-corrected chi connectivity index (χ2v) is 6.44. The van der Waals surface area contributed by atoms with Crippen molar-refractivity contribution in [1.82, 2.24) is 9.88 Å².